The molecule has 2 rings (SSSR count). The zero-order valence-corrected chi connectivity index (χ0v) is 13.9. The molecule has 0 aromatic heterocycles. The monoisotopic (exact) mass is 415 g/mol. The van der Waals surface area contributed by atoms with Crippen LogP contribution in [-0.4, -0.2) is 24.9 Å². The zero-order valence-electron chi connectivity index (χ0n) is 10.9. The number of imide groups is 1. The summed E-state index contributed by atoms with van der Waals surface area (Å²) in [5, 5.41) is 1.83. The van der Waals surface area contributed by atoms with Crippen LogP contribution in [0, 0.1) is 15.9 Å². The highest BCUT2D eigenvalue weighted by molar-refractivity contribution is 14.1. The van der Waals surface area contributed by atoms with Crippen molar-refractivity contribution in [2.45, 2.75) is 0 Å². The van der Waals surface area contributed by atoms with Crippen molar-refractivity contribution in [3.05, 3.63) is 26.2 Å². The minimum absolute atomic E-state index is 0.138. The van der Waals surface area contributed by atoms with Crippen LogP contribution in [0.25, 0.3) is 6.08 Å². The number of amides is 2. The summed E-state index contributed by atoms with van der Waals surface area (Å²) in [6, 6.07) is 3.54. The van der Waals surface area contributed by atoms with Crippen LogP contribution in [0.1, 0.15) is 5.56 Å². The Labute approximate surface area is 139 Å². The van der Waals surface area contributed by atoms with Crippen LogP contribution in [0.2, 0.25) is 0 Å². The Hall–Kier alpha value is -1.66. The molecule has 0 spiro atoms. The molecular weight excluding hydrogens is 405 g/mol. The summed E-state index contributed by atoms with van der Waals surface area (Å²) in [6.45, 7) is 0.138. The molecule has 5 nitrogen and oxygen atoms in total. The Morgan fingerprint density at radius 1 is 1.48 bits per heavy atom. The summed E-state index contributed by atoms with van der Waals surface area (Å²) in [7, 11) is 1.52. The van der Waals surface area contributed by atoms with E-state index in [1.807, 2.05) is 6.07 Å². The molecule has 0 bridgehead atoms. The third-order valence-corrected chi connectivity index (χ3v) is 4.10. The maximum atomic E-state index is 11.5. The number of carbonyl (C=O) groups is 2. The molecule has 2 amide bonds. The Balaban J connectivity index is 2.37. The summed E-state index contributed by atoms with van der Waals surface area (Å²) in [5.41, 5.74) is 0.733. The standard InChI is InChI=1S/C14H10INO4S/c1-3-4-20-12-9(15)5-8(6-10(12)19-2)7-11-13(17)16-14(18)21-11/h1,5-7H,4H2,2H3,(H,16,17,18)/b11-7-. The molecule has 0 radical (unpaired) electrons. The number of rotatable bonds is 4. The fourth-order valence-corrected chi connectivity index (χ4v) is 3.11. The number of thioether (sulfide) groups is 1. The molecule has 0 aliphatic carbocycles. The first-order chi connectivity index (χ1) is 10.0. The number of carbonyl (C=O) groups excluding carboxylic acids is 2. The second-order valence-corrected chi connectivity index (χ2v) is 6.06. The highest BCUT2D eigenvalue weighted by atomic mass is 127. The molecule has 1 aromatic rings. The van der Waals surface area contributed by atoms with Gasteiger partial charge in [-0.3, -0.25) is 14.9 Å². The van der Waals surface area contributed by atoms with Crippen molar-refractivity contribution in [3.63, 3.8) is 0 Å². The number of hydrogen-bond acceptors (Lipinski definition) is 5. The van der Waals surface area contributed by atoms with Crippen LogP contribution < -0.4 is 14.8 Å². The third kappa shape index (κ3) is 3.71. The largest absolute Gasteiger partial charge is 0.493 e. The summed E-state index contributed by atoms with van der Waals surface area (Å²) >= 11 is 2.96. The zero-order chi connectivity index (χ0) is 15.4. The summed E-state index contributed by atoms with van der Waals surface area (Å²) < 4.78 is 11.5. The molecule has 7 heteroatoms. The van der Waals surface area contributed by atoms with E-state index in [0.717, 1.165) is 20.9 Å². The minimum atomic E-state index is -0.397. The molecule has 1 fully saturated rings. The van der Waals surface area contributed by atoms with Crippen LogP contribution >= 0.6 is 34.4 Å². The first kappa shape index (κ1) is 15.7. The second kappa shape index (κ2) is 6.87. The smallest absolute Gasteiger partial charge is 0.290 e. The van der Waals surface area contributed by atoms with Crippen LogP contribution in [0.5, 0.6) is 11.5 Å². The van der Waals surface area contributed by atoms with Crippen LogP contribution in [0.15, 0.2) is 17.0 Å². The number of terminal acetylenes is 1. The van der Waals surface area contributed by atoms with E-state index < -0.39 is 5.91 Å². The summed E-state index contributed by atoms with van der Waals surface area (Å²) in [6.07, 6.45) is 6.80. The highest BCUT2D eigenvalue weighted by Gasteiger charge is 2.25. The topological polar surface area (TPSA) is 64.6 Å². The number of ether oxygens (including phenoxy) is 2. The quantitative estimate of drug-likeness (QED) is 0.466. The lowest BCUT2D eigenvalue weighted by molar-refractivity contribution is -0.115. The average molecular weight is 415 g/mol. The van der Waals surface area contributed by atoms with Crippen molar-refractivity contribution in [2.24, 2.45) is 0 Å². The normalized spacial score (nSPS) is 15.8. The Morgan fingerprint density at radius 2 is 2.24 bits per heavy atom. The van der Waals surface area contributed by atoms with Gasteiger partial charge in [0.1, 0.15) is 6.61 Å². The van der Waals surface area contributed by atoms with Gasteiger partial charge in [-0.25, -0.2) is 0 Å². The molecule has 21 heavy (non-hydrogen) atoms. The maximum absolute atomic E-state index is 11.5. The van der Waals surface area contributed by atoms with Gasteiger partial charge in [0.2, 0.25) is 0 Å². The van der Waals surface area contributed by atoms with Gasteiger partial charge in [-0.15, -0.1) is 6.42 Å². The molecule has 108 valence electrons. The molecule has 1 saturated heterocycles. The van der Waals surface area contributed by atoms with E-state index in [1.165, 1.54) is 7.11 Å². The molecule has 0 unspecified atom stereocenters. The van der Waals surface area contributed by atoms with E-state index >= 15 is 0 Å². The van der Waals surface area contributed by atoms with Gasteiger partial charge in [0.25, 0.3) is 11.1 Å². The lowest BCUT2D eigenvalue weighted by Gasteiger charge is -2.12. The number of nitrogens with one attached hydrogen (secondary N) is 1. The Bertz CT molecular complexity index is 678. The van der Waals surface area contributed by atoms with Crippen molar-refractivity contribution in [1.29, 1.82) is 0 Å². The lowest BCUT2D eigenvalue weighted by atomic mass is 10.2. The van der Waals surface area contributed by atoms with Gasteiger partial charge in [-0.1, -0.05) is 5.92 Å². The predicted octanol–water partition coefficient (Wildman–Crippen LogP) is 2.64. The average Bonchev–Trinajstić information content (AvgIpc) is 2.75. The van der Waals surface area contributed by atoms with Gasteiger partial charge in [0.15, 0.2) is 11.5 Å². The first-order valence-electron chi connectivity index (χ1n) is 5.73. The molecule has 1 N–H and O–H groups in total. The fourth-order valence-electron chi connectivity index (χ4n) is 1.65. The predicted molar refractivity (Wildman–Crippen MR) is 89.1 cm³/mol. The molecule has 1 aromatic carbocycles. The molecule has 1 aliphatic heterocycles. The lowest BCUT2D eigenvalue weighted by Crippen LogP contribution is -2.17. The van der Waals surface area contributed by atoms with Crippen molar-refractivity contribution in [2.75, 3.05) is 13.7 Å². The van der Waals surface area contributed by atoms with Gasteiger partial charge in [-0.2, -0.15) is 0 Å². The number of methoxy groups -OCH3 is 1. The van der Waals surface area contributed by atoms with E-state index in [0.29, 0.717) is 16.4 Å². The third-order valence-electron chi connectivity index (χ3n) is 2.49. The van der Waals surface area contributed by atoms with E-state index in [-0.39, 0.29) is 11.8 Å². The van der Waals surface area contributed by atoms with Crippen molar-refractivity contribution < 1.29 is 19.1 Å². The van der Waals surface area contributed by atoms with E-state index in [9.17, 15) is 9.59 Å². The van der Waals surface area contributed by atoms with Crippen molar-refractivity contribution >= 4 is 51.6 Å². The van der Waals surface area contributed by atoms with Crippen LogP contribution in [0.3, 0.4) is 0 Å². The van der Waals surface area contributed by atoms with Gasteiger partial charge in [0, 0.05) is 0 Å². The summed E-state index contributed by atoms with van der Waals surface area (Å²) in [5.74, 6) is 3.06. The molecule has 0 atom stereocenters. The van der Waals surface area contributed by atoms with Crippen molar-refractivity contribution in [3.8, 4) is 23.8 Å². The molecule has 1 heterocycles. The second-order valence-electron chi connectivity index (χ2n) is 3.88. The van der Waals surface area contributed by atoms with Crippen LogP contribution in [-0.2, 0) is 4.79 Å². The van der Waals surface area contributed by atoms with Gasteiger partial charge < -0.3 is 9.47 Å². The maximum Gasteiger partial charge on any atom is 0.290 e. The Kier molecular flexibility index (Phi) is 5.14. The van der Waals surface area contributed by atoms with Crippen LogP contribution in [0.4, 0.5) is 4.79 Å². The Morgan fingerprint density at radius 3 is 2.81 bits per heavy atom. The number of halogens is 1. The molecule has 0 saturated carbocycles. The first-order valence-corrected chi connectivity index (χ1v) is 7.63. The van der Waals surface area contributed by atoms with E-state index in [1.54, 1.807) is 12.1 Å². The molecule has 1 aliphatic rings. The highest BCUT2D eigenvalue weighted by Crippen LogP contribution is 2.35. The minimum Gasteiger partial charge on any atom is -0.493 e. The van der Waals surface area contributed by atoms with E-state index in [4.69, 9.17) is 15.9 Å². The summed E-state index contributed by atoms with van der Waals surface area (Å²) in [4.78, 5) is 23.0. The number of hydrogen-bond donors (Lipinski definition) is 1. The SMILES string of the molecule is C#CCOc1c(I)cc(/C=C2\SC(=O)NC2=O)cc1OC. The van der Waals surface area contributed by atoms with Gasteiger partial charge in [-0.05, 0) is 58.1 Å². The van der Waals surface area contributed by atoms with Crippen molar-refractivity contribution in [1.82, 2.24) is 5.32 Å². The molecular formula is C14H10INO4S. The number of benzene rings is 1. The van der Waals surface area contributed by atoms with Gasteiger partial charge >= 0.3 is 0 Å². The van der Waals surface area contributed by atoms with E-state index in [2.05, 4.69) is 33.8 Å². The van der Waals surface area contributed by atoms with Gasteiger partial charge in [0.05, 0.1) is 15.6 Å². The fraction of sp³-hybridized carbons (Fsp3) is 0.143.